The number of carbonyl (C=O) groups excluding carboxylic acids is 1. The van der Waals surface area contributed by atoms with Crippen molar-refractivity contribution in [3.63, 3.8) is 0 Å². The van der Waals surface area contributed by atoms with Crippen molar-refractivity contribution in [2.24, 2.45) is 14.1 Å². The number of nitrogens with one attached hydrogen (secondary N) is 1. The predicted octanol–water partition coefficient (Wildman–Crippen LogP) is 0.792. The van der Waals surface area contributed by atoms with Gasteiger partial charge < -0.3 is 9.88 Å². The van der Waals surface area contributed by atoms with Crippen LogP contribution in [-0.4, -0.2) is 48.8 Å². The van der Waals surface area contributed by atoms with E-state index in [2.05, 4.69) is 24.9 Å². The molecular formula is C17H24N6O. The summed E-state index contributed by atoms with van der Waals surface area (Å²) in [6, 6.07) is 0. The van der Waals surface area contributed by atoms with Crippen LogP contribution < -0.4 is 5.32 Å². The number of hydrogen-bond acceptors (Lipinski definition) is 4. The molecule has 1 atom stereocenters. The molecule has 4 heterocycles. The molecule has 0 unspecified atom stereocenters. The first-order chi connectivity index (χ1) is 11.6. The van der Waals surface area contributed by atoms with Gasteiger partial charge in [0.1, 0.15) is 5.82 Å². The number of likely N-dealkylation sites (tertiary alicyclic amines) is 1. The Morgan fingerprint density at radius 2 is 2.12 bits per heavy atom. The van der Waals surface area contributed by atoms with Gasteiger partial charge in [-0.1, -0.05) is 0 Å². The molecule has 128 valence electrons. The van der Waals surface area contributed by atoms with Crippen LogP contribution in [0.4, 0.5) is 0 Å². The standard InChI is InChI=1S/C17H24N6O/c1-21-8-5-18-15(21)12-23-6-3-17(4-7-23)14(9-16(24)20-17)13-10-19-22(2)11-13/h5,8,10-11,14H,3-4,6-7,9,12H2,1-2H3,(H,20,24)/t14-/m0/s1. The molecular weight excluding hydrogens is 304 g/mol. The molecule has 7 nitrogen and oxygen atoms in total. The Labute approximate surface area is 141 Å². The number of aryl methyl sites for hydroxylation is 2. The lowest BCUT2D eigenvalue weighted by molar-refractivity contribution is -0.120. The molecule has 0 radical (unpaired) electrons. The maximum absolute atomic E-state index is 12.1. The number of nitrogens with zero attached hydrogens (tertiary/aromatic N) is 5. The molecule has 2 fully saturated rings. The Bertz CT molecular complexity index is 740. The molecule has 1 spiro atoms. The van der Waals surface area contributed by atoms with E-state index in [4.69, 9.17) is 0 Å². The molecule has 0 saturated carbocycles. The highest BCUT2D eigenvalue weighted by Crippen LogP contribution is 2.43. The molecule has 2 aliphatic rings. The fourth-order valence-electron chi connectivity index (χ4n) is 4.19. The van der Waals surface area contributed by atoms with Gasteiger partial charge in [-0.3, -0.25) is 14.4 Å². The van der Waals surface area contributed by atoms with E-state index in [-0.39, 0.29) is 17.4 Å². The molecule has 2 aromatic heterocycles. The van der Waals surface area contributed by atoms with E-state index in [1.54, 1.807) is 0 Å². The number of aromatic nitrogens is 4. The third kappa shape index (κ3) is 2.62. The molecule has 1 amide bonds. The number of amides is 1. The third-order valence-corrected chi connectivity index (χ3v) is 5.61. The van der Waals surface area contributed by atoms with E-state index in [1.807, 2.05) is 43.6 Å². The zero-order chi connectivity index (χ0) is 16.7. The van der Waals surface area contributed by atoms with E-state index in [9.17, 15) is 4.79 Å². The van der Waals surface area contributed by atoms with Crippen molar-refractivity contribution >= 4 is 5.91 Å². The molecule has 1 N–H and O–H groups in total. The quantitative estimate of drug-likeness (QED) is 0.905. The second kappa shape index (κ2) is 5.73. The minimum absolute atomic E-state index is 0.113. The Balaban J connectivity index is 1.48. The van der Waals surface area contributed by atoms with E-state index in [1.165, 1.54) is 5.56 Å². The van der Waals surface area contributed by atoms with Crippen molar-refractivity contribution in [3.8, 4) is 0 Å². The number of imidazole rings is 1. The van der Waals surface area contributed by atoms with Gasteiger partial charge in [0.25, 0.3) is 0 Å². The zero-order valence-electron chi connectivity index (χ0n) is 14.3. The van der Waals surface area contributed by atoms with E-state index in [0.717, 1.165) is 38.3 Å². The largest absolute Gasteiger partial charge is 0.350 e. The summed E-state index contributed by atoms with van der Waals surface area (Å²) in [5, 5.41) is 7.59. The molecule has 2 saturated heterocycles. The summed E-state index contributed by atoms with van der Waals surface area (Å²) in [6.45, 7) is 2.82. The second-order valence-electron chi connectivity index (χ2n) is 7.14. The SMILES string of the molecule is Cn1cc([C@@H]2CC(=O)NC23CCN(Cc2nccn2C)CC3)cn1. The van der Waals surface area contributed by atoms with Crippen molar-refractivity contribution < 1.29 is 4.79 Å². The third-order valence-electron chi connectivity index (χ3n) is 5.61. The van der Waals surface area contributed by atoms with Crippen LogP contribution in [0.5, 0.6) is 0 Å². The minimum Gasteiger partial charge on any atom is -0.350 e. The summed E-state index contributed by atoms with van der Waals surface area (Å²) >= 11 is 0. The average molecular weight is 328 g/mol. The van der Waals surface area contributed by atoms with E-state index in [0.29, 0.717) is 6.42 Å². The summed E-state index contributed by atoms with van der Waals surface area (Å²) in [6.07, 6.45) is 10.3. The molecule has 2 aromatic rings. The summed E-state index contributed by atoms with van der Waals surface area (Å²) < 4.78 is 3.89. The fraction of sp³-hybridized carbons (Fsp3) is 0.588. The predicted molar refractivity (Wildman–Crippen MR) is 89.2 cm³/mol. The topological polar surface area (TPSA) is 68.0 Å². The Hall–Kier alpha value is -2.15. The van der Waals surface area contributed by atoms with Crippen LogP contribution in [0.15, 0.2) is 24.8 Å². The summed E-state index contributed by atoms with van der Waals surface area (Å²) in [5.41, 5.74) is 1.06. The highest BCUT2D eigenvalue weighted by Gasteiger charge is 2.49. The Kier molecular flexibility index (Phi) is 3.68. The number of piperidine rings is 1. The maximum atomic E-state index is 12.1. The van der Waals surface area contributed by atoms with Crippen molar-refractivity contribution in [1.29, 1.82) is 0 Å². The molecule has 0 bridgehead atoms. The van der Waals surface area contributed by atoms with Crippen LogP contribution in [0.3, 0.4) is 0 Å². The van der Waals surface area contributed by atoms with Crippen molar-refractivity contribution in [2.75, 3.05) is 13.1 Å². The van der Waals surface area contributed by atoms with Gasteiger partial charge in [-0.05, 0) is 18.4 Å². The second-order valence-corrected chi connectivity index (χ2v) is 7.14. The number of rotatable bonds is 3. The van der Waals surface area contributed by atoms with Gasteiger partial charge in [-0.2, -0.15) is 5.10 Å². The molecule has 0 aliphatic carbocycles. The van der Waals surface area contributed by atoms with Crippen LogP contribution in [0.1, 0.15) is 36.6 Å². The normalized spacial score (nSPS) is 23.8. The van der Waals surface area contributed by atoms with E-state index >= 15 is 0 Å². The summed E-state index contributed by atoms with van der Waals surface area (Å²) in [4.78, 5) is 19.0. The smallest absolute Gasteiger partial charge is 0.221 e. The highest BCUT2D eigenvalue weighted by atomic mass is 16.2. The van der Waals surface area contributed by atoms with Gasteiger partial charge in [0.2, 0.25) is 5.91 Å². The average Bonchev–Trinajstić information content (AvgIpc) is 3.23. The first kappa shape index (κ1) is 15.4. The van der Waals surface area contributed by atoms with Gasteiger partial charge in [0.15, 0.2) is 0 Å². The molecule has 7 heteroatoms. The Morgan fingerprint density at radius 1 is 1.33 bits per heavy atom. The monoisotopic (exact) mass is 328 g/mol. The molecule has 24 heavy (non-hydrogen) atoms. The fourth-order valence-corrected chi connectivity index (χ4v) is 4.19. The summed E-state index contributed by atoms with van der Waals surface area (Å²) in [7, 11) is 3.96. The number of hydrogen-bond donors (Lipinski definition) is 1. The maximum Gasteiger partial charge on any atom is 0.221 e. The molecule has 4 rings (SSSR count). The zero-order valence-corrected chi connectivity index (χ0v) is 14.3. The van der Waals surface area contributed by atoms with Crippen molar-refractivity contribution in [3.05, 3.63) is 36.2 Å². The first-order valence-corrected chi connectivity index (χ1v) is 8.54. The lowest BCUT2D eigenvalue weighted by atomic mass is 9.75. The lowest BCUT2D eigenvalue weighted by Crippen LogP contribution is -2.53. The van der Waals surface area contributed by atoms with Gasteiger partial charge in [-0.25, -0.2) is 4.98 Å². The van der Waals surface area contributed by atoms with Crippen LogP contribution in [-0.2, 0) is 25.4 Å². The lowest BCUT2D eigenvalue weighted by Gasteiger charge is -2.42. The van der Waals surface area contributed by atoms with Crippen LogP contribution in [0.25, 0.3) is 0 Å². The van der Waals surface area contributed by atoms with Gasteiger partial charge in [-0.15, -0.1) is 0 Å². The van der Waals surface area contributed by atoms with Gasteiger partial charge >= 0.3 is 0 Å². The van der Waals surface area contributed by atoms with Crippen LogP contribution >= 0.6 is 0 Å². The van der Waals surface area contributed by atoms with Crippen LogP contribution in [0, 0.1) is 0 Å². The minimum atomic E-state index is -0.113. The van der Waals surface area contributed by atoms with Gasteiger partial charge in [0.05, 0.1) is 12.7 Å². The van der Waals surface area contributed by atoms with Crippen LogP contribution in [0.2, 0.25) is 0 Å². The van der Waals surface area contributed by atoms with Gasteiger partial charge in [0, 0.05) is 63.7 Å². The first-order valence-electron chi connectivity index (χ1n) is 8.54. The Morgan fingerprint density at radius 3 is 2.75 bits per heavy atom. The highest BCUT2D eigenvalue weighted by molar-refractivity contribution is 5.81. The van der Waals surface area contributed by atoms with E-state index < -0.39 is 0 Å². The summed E-state index contributed by atoms with van der Waals surface area (Å²) in [5.74, 6) is 1.49. The molecule has 2 aliphatic heterocycles. The van der Waals surface area contributed by atoms with Crippen molar-refractivity contribution in [2.45, 2.75) is 37.3 Å². The number of carbonyl (C=O) groups is 1. The van der Waals surface area contributed by atoms with Crippen molar-refractivity contribution in [1.82, 2.24) is 29.5 Å². The molecule has 0 aromatic carbocycles.